The van der Waals surface area contributed by atoms with E-state index in [-0.39, 0.29) is 5.91 Å². The molecule has 6 nitrogen and oxygen atoms in total. The monoisotopic (exact) mass is 424 g/mol. The lowest BCUT2D eigenvalue weighted by molar-refractivity contribution is 0.0715. The second-order valence-electron chi connectivity index (χ2n) is 6.76. The standard InChI is InChI=1S/C21H17ClN4O2S/c22-16-4-2-1-3-14(16)17-5-6-18(28-17)21(27)26-10-8-25(9-11-26)19-15-7-12-29-20(15)24-13-23-19/h1-7,12-13H,8-11H2. The number of carbonyl (C=O) groups is 1. The molecule has 0 unspecified atom stereocenters. The third-order valence-corrected chi connectivity index (χ3v) is 6.21. The summed E-state index contributed by atoms with van der Waals surface area (Å²) >= 11 is 7.84. The Morgan fingerprint density at radius 3 is 2.69 bits per heavy atom. The van der Waals surface area contributed by atoms with E-state index in [1.165, 1.54) is 0 Å². The molecule has 0 aliphatic carbocycles. The number of hydrogen-bond donors (Lipinski definition) is 0. The van der Waals surface area contributed by atoms with Gasteiger partial charge in [-0.05, 0) is 35.7 Å². The first-order valence-corrected chi connectivity index (χ1v) is 10.5. The van der Waals surface area contributed by atoms with Gasteiger partial charge in [0.1, 0.15) is 22.7 Å². The van der Waals surface area contributed by atoms with Gasteiger partial charge in [-0.1, -0.05) is 23.7 Å². The number of amides is 1. The first-order chi connectivity index (χ1) is 14.2. The molecule has 3 aromatic heterocycles. The van der Waals surface area contributed by atoms with Crippen molar-refractivity contribution in [2.45, 2.75) is 0 Å². The van der Waals surface area contributed by atoms with Crippen molar-refractivity contribution in [3.05, 3.63) is 65.0 Å². The number of hydrogen-bond acceptors (Lipinski definition) is 6. The zero-order valence-corrected chi connectivity index (χ0v) is 17.0. The van der Waals surface area contributed by atoms with Crippen LogP contribution in [0, 0.1) is 0 Å². The molecule has 1 amide bonds. The van der Waals surface area contributed by atoms with Crippen LogP contribution in [-0.4, -0.2) is 47.0 Å². The Balaban J connectivity index is 1.30. The quantitative estimate of drug-likeness (QED) is 0.482. The molecule has 1 aliphatic rings. The average Bonchev–Trinajstić information content (AvgIpc) is 3.43. The largest absolute Gasteiger partial charge is 0.451 e. The average molecular weight is 425 g/mol. The summed E-state index contributed by atoms with van der Waals surface area (Å²) in [5.41, 5.74) is 0.779. The Bertz CT molecular complexity index is 1180. The van der Waals surface area contributed by atoms with Crippen molar-refractivity contribution in [2.75, 3.05) is 31.1 Å². The minimum atomic E-state index is -0.105. The van der Waals surface area contributed by atoms with Crippen molar-refractivity contribution in [1.29, 1.82) is 0 Å². The van der Waals surface area contributed by atoms with Crippen LogP contribution in [0.15, 0.2) is 58.6 Å². The Morgan fingerprint density at radius 1 is 1.03 bits per heavy atom. The highest BCUT2D eigenvalue weighted by atomic mass is 35.5. The number of rotatable bonds is 3. The number of aromatic nitrogens is 2. The van der Waals surface area contributed by atoms with E-state index in [9.17, 15) is 4.79 Å². The highest BCUT2D eigenvalue weighted by molar-refractivity contribution is 7.16. The van der Waals surface area contributed by atoms with Gasteiger partial charge in [0, 0.05) is 31.7 Å². The summed E-state index contributed by atoms with van der Waals surface area (Å²) in [5.74, 6) is 1.75. The summed E-state index contributed by atoms with van der Waals surface area (Å²) in [6.07, 6.45) is 1.60. The number of piperazine rings is 1. The SMILES string of the molecule is O=C(c1ccc(-c2ccccc2Cl)o1)N1CCN(c2ncnc3sccc23)CC1. The van der Waals surface area contributed by atoms with E-state index in [0.717, 1.165) is 21.6 Å². The molecule has 4 aromatic rings. The molecule has 0 radical (unpaired) electrons. The van der Waals surface area contributed by atoms with E-state index in [4.69, 9.17) is 16.0 Å². The van der Waals surface area contributed by atoms with Gasteiger partial charge in [0.25, 0.3) is 5.91 Å². The molecule has 1 aliphatic heterocycles. The van der Waals surface area contributed by atoms with E-state index < -0.39 is 0 Å². The van der Waals surface area contributed by atoms with Crippen molar-refractivity contribution in [1.82, 2.24) is 14.9 Å². The minimum absolute atomic E-state index is 0.105. The summed E-state index contributed by atoms with van der Waals surface area (Å²) in [6, 6.07) is 13.0. The molecule has 5 rings (SSSR count). The molecule has 0 bridgehead atoms. The van der Waals surface area contributed by atoms with Crippen molar-refractivity contribution >= 4 is 44.9 Å². The summed E-state index contributed by atoms with van der Waals surface area (Å²) < 4.78 is 5.82. The first-order valence-electron chi connectivity index (χ1n) is 9.28. The molecule has 0 atom stereocenters. The summed E-state index contributed by atoms with van der Waals surface area (Å²) in [4.78, 5) is 26.7. The van der Waals surface area contributed by atoms with Crippen LogP contribution >= 0.6 is 22.9 Å². The van der Waals surface area contributed by atoms with Crippen molar-refractivity contribution in [2.24, 2.45) is 0 Å². The summed E-state index contributed by atoms with van der Waals surface area (Å²) in [7, 11) is 0. The maximum Gasteiger partial charge on any atom is 0.289 e. The molecule has 0 saturated carbocycles. The lowest BCUT2D eigenvalue weighted by Crippen LogP contribution is -2.49. The molecule has 4 heterocycles. The van der Waals surface area contributed by atoms with Gasteiger partial charge in [-0.2, -0.15) is 0 Å². The van der Waals surface area contributed by atoms with Crippen LogP contribution in [0.25, 0.3) is 21.5 Å². The fourth-order valence-electron chi connectivity index (χ4n) is 3.56. The van der Waals surface area contributed by atoms with E-state index in [0.29, 0.717) is 42.7 Å². The van der Waals surface area contributed by atoms with Gasteiger partial charge in [-0.25, -0.2) is 9.97 Å². The summed E-state index contributed by atoms with van der Waals surface area (Å²) in [6.45, 7) is 2.64. The number of nitrogens with zero attached hydrogens (tertiary/aromatic N) is 4. The Hall–Kier alpha value is -2.90. The normalized spacial score (nSPS) is 14.5. The molecule has 1 fully saturated rings. The highest BCUT2D eigenvalue weighted by Gasteiger charge is 2.26. The first kappa shape index (κ1) is 18.1. The van der Waals surface area contributed by atoms with Crippen LogP contribution in [0.1, 0.15) is 10.6 Å². The van der Waals surface area contributed by atoms with E-state index >= 15 is 0 Å². The fraction of sp³-hybridized carbons (Fsp3) is 0.190. The number of benzene rings is 1. The smallest absolute Gasteiger partial charge is 0.289 e. The second-order valence-corrected chi connectivity index (χ2v) is 8.06. The van der Waals surface area contributed by atoms with Gasteiger partial charge in [0.15, 0.2) is 5.76 Å². The van der Waals surface area contributed by atoms with Crippen LogP contribution in [0.2, 0.25) is 5.02 Å². The van der Waals surface area contributed by atoms with E-state index in [2.05, 4.69) is 14.9 Å². The van der Waals surface area contributed by atoms with E-state index in [1.807, 2.05) is 34.5 Å². The van der Waals surface area contributed by atoms with Gasteiger partial charge < -0.3 is 14.2 Å². The molecule has 29 heavy (non-hydrogen) atoms. The molecular formula is C21H17ClN4O2S. The minimum Gasteiger partial charge on any atom is -0.451 e. The molecule has 1 aromatic carbocycles. The highest BCUT2D eigenvalue weighted by Crippen LogP contribution is 2.30. The number of anilines is 1. The maximum absolute atomic E-state index is 12.9. The Kier molecular flexibility index (Phi) is 4.69. The van der Waals surface area contributed by atoms with Crippen LogP contribution in [0.5, 0.6) is 0 Å². The summed E-state index contributed by atoms with van der Waals surface area (Å²) in [5, 5.41) is 3.68. The van der Waals surface area contributed by atoms with Crippen molar-refractivity contribution in [3.63, 3.8) is 0 Å². The van der Waals surface area contributed by atoms with Crippen LogP contribution in [0.4, 0.5) is 5.82 Å². The van der Waals surface area contributed by atoms with Gasteiger partial charge in [0.2, 0.25) is 0 Å². The molecule has 146 valence electrons. The number of carbonyl (C=O) groups excluding carboxylic acids is 1. The van der Waals surface area contributed by atoms with Crippen molar-refractivity contribution in [3.8, 4) is 11.3 Å². The Morgan fingerprint density at radius 2 is 1.86 bits per heavy atom. The number of furan rings is 1. The van der Waals surface area contributed by atoms with E-state index in [1.54, 1.807) is 35.9 Å². The third-order valence-electron chi connectivity index (χ3n) is 5.06. The zero-order valence-electron chi connectivity index (χ0n) is 15.4. The van der Waals surface area contributed by atoms with Crippen LogP contribution < -0.4 is 4.90 Å². The molecular weight excluding hydrogens is 408 g/mol. The Labute approximate surface area is 176 Å². The predicted octanol–water partition coefficient (Wildman–Crippen LogP) is 4.57. The molecule has 8 heteroatoms. The molecule has 0 spiro atoms. The number of fused-ring (bicyclic) bond motifs is 1. The number of thiophene rings is 1. The van der Waals surface area contributed by atoms with Gasteiger partial charge in [0.05, 0.1) is 10.4 Å². The van der Waals surface area contributed by atoms with Crippen LogP contribution in [0.3, 0.4) is 0 Å². The van der Waals surface area contributed by atoms with Crippen LogP contribution in [-0.2, 0) is 0 Å². The topological polar surface area (TPSA) is 62.5 Å². The van der Waals surface area contributed by atoms with Gasteiger partial charge >= 0.3 is 0 Å². The van der Waals surface area contributed by atoms with Gasteiger partial charge in [-0.15, -0.1) is 11.3 Å². The molecule has 0 N–H and O–H groups in total. The van der Waals surface area contributed by atoms with Crippen molar-refractivity contribution < 1.29 is 9.21 Å². The lowest BCUT2D eigenvalue weighted by Gasteiger charge is -2.35. The maximum atomic E-state index is 12.9. The molecule has 1 saturated heterocycles. The lowest BCUT2D eigenvalue weighted by atomic mass is 10.2. The predicted molar refractivity (Wildman–Crippen MR) is 115 cm³/mol. The zero-order chi connectivity index (χ0) is 19.8. The fourth-order valence-corrected chi connectivity index (χ4v) is 4.52. The number of halogens is 1. The van der Waals surface area contributed by atoms with Gasteiger partial charge in [-0.3, -0.25) is 4.79 Å². The second kappa shape index (κ2) is 7.50. The third kappa shape index (κ3) is 3.36.